The summed E-state index contributed by atoms with van der Waals surface area (Å²) in [6.45, 7) is 2.78. The van der Waals surface area contributed by atoms with Gasteiger partial charge >= 0.3 is 0 Å². The molecule has 0 aliphatic carbocycles. The second-order valence-electron chi connectivity index (χ2n) is 4.01. The van der Waals surface area contributed by atoms with Crippen LogP contribution in [-0.4, -0.2) is 25.5 Å². The van der Waals surface area contributed by atoms with Crippen molar-refractivity contribution in [2.24, 2.45) is 5.92 Å². The molecular weight excluding hydrogens is 228 g/mol. The van der Waals surface area contributed by atoms with E-state index in [1.807, 2.05) is 0 Å². The number of halogens is 1. The van der Waals surface area contributed by atoms with E-state index in [1.165, 1.54) is 0 Å². The standard InChI is InChI=1S/C11H15ClN2O2/c12-10-2-1-9(16-10)11(15)14-7-8-3-5-13-6-4-8/h1-2,8,13H,3-7H2,(H,14,15). The van der Waals surface area contributed by atoms with Crippen LogP contribution in [0, 0.1) is 5.92 Å². The largest absolute Gasteiger partial charge is 0.440 e. The summed E-state index contributed by atoms with van der Waals surface area (Å²) in [5.74, 6) is 0.653. The van der Waals surface area contributed by atoms with Gasteiger partial charge in [0.25, 0.3) is 5.91 Å². The van der Waals surface area contributed by atoms with E-state index in [0.29, 0.717) is 12.5 Å². The van der Waals surface area contributed by atoms with Gasteiger partial charge in [0.15, 0.2) is 11.0 Å². The van der Waals surface area contributed by atoms with E-state index < -0.39 is 0 Å². The highest BCUT2D eigenvalue weighted by Gasteiger charge is 2.15. The van der Waals surface area contributed by atoms with E-state index in [4.69, 9.17) is 16.0 Å². The average Bonchev–Trinajstić information content (AvgIpc) is 2.74. The van der Waals surface area contributed by atoms with Crippen molar-refractivity contribution >= 4 is 17.5 Å². The molecular formula is C11H15ClN2O2. The van der Waals surface area contributed by atoms with Gasteiger partial charge in [-0.25, -0.2) is 0 Å². The molecule has 1 aromatic heterocycles. The van der Waals surface area contributed by atoms with Crippen molar-refractivity contribution in [3.8, 4) is 0 Å². The lowest BCUT2D eigenvalue weighted by atomic mass is 9.98. The van der Waals surface area contributed by atoms with Gasteiger partial charge in [-0.15, -0.1) is 0 Å². The molecule has 0 saturated carbocycles. The number of rotatable bonds is 3. The number of carbonyl (C=O) groups excluding carboxylic acids is 1. The van der Waals surface area contributed by atoms with Crippen molar-refractivity contribution in [1.29, 1.82) is 0 Å². The fraction of sp³-hybridized carbons (Fsp3) is 0.545. The molecule has 1 aliphatic heterocycles. The third-order valence-electron chi connectivity index (χ3n) is 2.81. The van der Waals surface area contributed by atoms with Gasteiger partial charge in [0.1, 0.15) is 0 Å². The third-order valence-corrected chi connectivity index (χ3v) is 3.01. The molecule has 0 radical (unpaired) electrons. The highest BCUT2D eigenvalue weighted by atomic mass is 35.5. The lowest BCUT2D eigenvalue weighted by molar-refractivity contribution is 0.0916. The van der Waals surface area contributed by atoms with Gasteiger partial charge in [0, 0.05) is 6.54 Å². The molecule has 16 heavy (non-hydrogen) atoms. The summed E-state index contributed by atoms with van der Waals surface area (Å²) in [7, 11) is 0. The minimum atomic E-state index is -0.189. The SMILES string of the molecule is O=C(NCC1CCNCC1)c1ccc(Cl)o1. The van der Waals surface area contributed by atoms with Crippen LogP contribution < -0.4 is 10.6 Å². The molecule has 2 heterocycles. The van der Waals surface area contributed by atoms with E-state index in [9.17, 15) is 4.79 Å². The van der Waals surface area contributed by atoms with Crippen LogP contribution in [0.1, 0.15) is 23.4 Å². The quantitative estimate of drug-likeness (QED) is 0.848. The maximum Gasteiger partial charge on any atom is 0.287 e. The van der Waals surface area contributed by atoms with E-state index >= 15 is 0 Å². The zero-order valence-corrected chi connectivity index (χ0v) is 9.72. The van der Waals surface area contributed by atoms with Crippen molar-refractivity contribution in [2.45, 2.75) is 12.8 Å². The molecule has 88 valence electrons. The summed E-state index contributed by atoms with van der Waals surface area (Å²) in [4.78, 5) is 11.6. The topological polar surface area (TPSA) is 54.3 Å². The first kappa shape index (κ1) is 11.5. The van der Waals surface area contributed by atoms with E-state index in [2.05, 4.69) is 10.6 Å². The normalized spacial score (nSPS) is 17.3. The third kappa shape index (κ3) is 3.00. The molecule has 1 aromatic rings. The van der Waals surface area contributed by atoms with Crippen molar-refractivity contribution in [3.63, 3.8) is 0 Å². The van der Waals surface area contributed by atoms with Crippen molar-refractivity contribution in [2.75, 3.05) is 19.6 Å². The Balaban J connectivity index is 1.79. The molecule has 0 aromatic carbocycles. The van der Waals surface area contributed by atoms with Crippen LogP contribution >= 0.6 is 11.6 Å². The summed E-state index contributed by atoms with van der Waals surface area (Å²) < 4.78 is 5.03. The van der Waals surface area contributed by atoms with Gasteiger partial charge < -0.3 is 15.1 Å². The molecule has 0 bridgehead atoms. The van der Waals surface area contributed by atoms with E-state index in [1.54, 1.807) is 12.1 Å². The van der Waals surface area contributed by atoms with Gasteiger partial charge in [-0.1, -0.05) is 0 Å². The first-order valence-electron chi connectivity index (χ1n) is 5.50. The Morgan fingerprint density at radius 1 is 1.50 bits per heavy atom. The number of hydrogen-bond acceptors (Lipinski definition) is 3. The molecule has 1 fully saturated rings. The minimum Gasteiger partial charge on any atom is -0.440 e. The molecule has 0 spiro atoms. The Hall–Kier alpha value is -1.00. The van der Waals surface area contributed by atoms with Crippen LogP contribution in [0.15, 0.2) is 16.5 Å². The van der Waals surface area contributed by atoms with E-state index in [0.717, 1.165) is 25.9 Å². The molecule has 5 heteroatoms. The van der Waals surface area contributed by atoms with Gasteiger partial charge in [-0.2, -0.15) is 0 Å². The first-order chi connectivity index (χ1) is 7.75. The molecule has 0 unspecified atom stereocenters. The van der Waals surface area contributed by atoms with Crippen LogP contribution in [0.5, 0.6) is 0 Å². The molecule has 0 atom stereocenters. The number of nitrogens with one attached hydrogen (secondary N) is 2. The van der Waals surface area contributed by atoms with E-state index in [-0.39, 0.29) is 16.9 Å². The van der Waals surface area contributed by atoms with Gasteiger partial charge in [-0.3, -0.25) is 4.79 Å². The Bertz CT molecular complexity index is 359. The van der Waals surface area contributed by atoms with Gasteiger partial charge in [0.05, 0.1) is 0 Å². The van der Waals surface area contributed by atoms with Crippen molar-refractivity contribution in [1.82, 2.24) is 10.6 Å². The van der Waals surface area contributed by atoms with Gasteiger partial charge in [-0.05, 0) is 55.6 Å². The number of amides is 1. The smallest absolute Gasteiger partial charge is 0.287 e. The maximum absolute atomic E-state index is 11.6. The zero-order chi connectivity index (χ0) is 11.4. The first-order valence-corrected chi connectivity index (χ1v) is 5.88. The summed E-state index contributed by atoms with van der Waals surface area (Å²) in [6, 6.07) is 3.15. The van der Waals surface area contributed by atoms with Crippen molar-refractivity contribution in [3.05, 3.63) is 23.1 Å². The second-order valence-corrected chi connectivity index (χ2v) is 4.38. The molecule has 2 N–H and O–H groups in total. The zero-order valence-electron chi connectivity index (χ0n) is 8.96. The molecule has 2 rings (SSSR count). The monoisotopic (exact) mass is 242 g/mol. The minimum absolute atomic E-state index is 0.189. The predicted molar refractivity (Wildman–Crippen MR) is 61.6 cm³/mol. The second kappa shape index (κ2) is 5.37. The Morgan fingerprint density at radius 3 is 2.88 bits per heavy atom. The number of furan rings is 1. The van der Waals surface area contributed by atoms with Gasteiger partial charge in [0.2, 0.25) is 0 Å². The number of piperidine rings is 1. The highest BCUT2D eigenvalue weighted by Crippen LogP contribution is 2.14. The summed E-state index contributed by atoms with van der Waals surface area (Å²) in [6.07, 6.45) is 2.22. The molecule has 1 saturated heterocycles. The van der Waals surface area contributed by atoms with Crippen LogP contribution in [0.2, 0.25) is 5.22 Å². The number of carbonyl (C=O) groups is 1. The van der Waals surface area contributed by atoms with Crippen molar-refractivity contribution < 1.29 is 9.21 Å². The number of hydrogen-bond donors (Lipinski definition) is 2. The summed E-state index contributed by atoms with van der Waals surface area (Å²) in [5.41, 5.74) is 0. The Morgan fingerprint density at radius 2 is 2.25 bits per heavy atom. The summed E-state index contributed by atoms with van der Waals surface area (Å²) >= 11 is 5.60. The maximum atomic E-state index is 11.6. The Kier molecular flexibility index (Phi) is 3.85. The predicted octanol–water partition coefficient (Wildman–Crippen LogP) is 1.66. The highest BCUT2D eigenvalue weighted by molar-refractivity contribution is 6.29. The fourth-order valence-electron chi connectivity index (χ4n) is 1.85. The lowest BCUT2D eigenvalue weighted by Crippen LogP contribution is -2.35. The average molecular weight is 243 g/mol. The fourth-order valence-corrected chi connectivity index (χ4v) is 1.99. The van der Waals surface area contributed by atoms with Crippen LogP contribution in [-0.2, 0) is 0 Å². The van der Waals surface area contributed by atoms with Crippen LogP contribution in [0.4, 0.5) is 0 Å². The summed E-state index contributed by atoms with van der Waals surface area (Å²) in [5, 5.41) is 6.39. The molecule has 1 amide bonds. The molecule has 4 nitrogen and oxygen atoms in total. The molecule has 1 aliphatic rings. The van der Waals surface area contributed by atoms with Crippen LogP contribution in [0.25, 0.3) is 0 Å². The Labute approximate surface area is 99.3 Å². The van der Waals surface area contributed by atoms with Crippen LogP contribution in [0.3, 0.4) is 0 Å². The lowest BCUT2D eigenvalue weighted by Gasteiger charge is -2.22.